The zero-order chi connectivity index (χ0) is 16.0. The highest BCUT2D eigenvalue weighted by molar-refractivity contribution is 6.76. The van der Waals surface area contributed by atoms with Crippen LogP contribution in [0.3, 0.4) is 0 Å². The molecule has 3 atom stereocenters. The summed E-state index contributed by atoms with van der Waals surface area (Å²) in [6.45, 7) is 8.56. The molecular weight excluding hydrogens is 288 g/mol. The van der Waals surface area contributed by atoms with Crippen molar-refractivity contribution in [1.29, 1.82) is 0 Å². The quantitative estimate of drug-likeness (QED) is 0.537. The number of hydrogen-bond donors (Lipinski definition) is 1. The molecule has 0 aliphatic heterocycles. The lowest BCUT2D eigenvalue weighted by molar-refractivity contribution is 0.0908. The molecule has 1 aromatic rings. The second-order valence-electron chi connectivity index (χ2n) is 7.70. The lowest BCUT2D eigenvalue weighted by Crippen LogP contribution is -2.17. The van der Waals surface area contributed by atoms with Crippen LogP contribution >= 0.6 is 0 Å². The first kappa shape index (κ1) is 17.5. The SMILES string of the molecule is C[Si](C)(C)C/C=C/C[C@H](O)[C@H]1C[C@@H]1COCc1ccccc1. The third-order valence-electron chi connectivity index (χ3n) is 4.19. The predicted octanol–water partition coefficient (Wildman–Crippen LogP) is 4.48. The van der Waals surface area contributed by atoms with Gasteiger partial charge in [0.2, 0.25) is 0 Å². The van der Waals surface area contributed by atoms with Gasteiger partial charge in [0.05, 0.1) is 19.3 Å². The standard InChI is InChI=1S/C19H30O2Si/c1-22(2,3)12-8-7-11-19(20)18-13-17(18)15-21-14-16-9-5-4-6-10-16/h4-10,17-20H,11-15H2,1-3H3/b8-7+/t17-,18+,19+/m1/s1. The maximum atomic E-state index is 10.2. The minimum absolute atomic E-state index is 0.191. The van der Waals surface area contributed by atoms with Gasteiger partial charge in [-0.15, -0.1) is 0 Å². The second-order valence-corrected chi connectivity index (χ2v) is 13.2. The maximum Gasteiger partial charge on any atom is 0.0717 e. The van der Waals surface area contributed by atoms with Crippen molar-refractivity contribution >= 4 is 8.07 Å². The first-order chi connectivity index (χ1) is 10.5. The summed E-state index contributed by atoms with van der Waals surface area (Å²) in [6, 6.07) is 11.5. The molecule has 0 heterocycles. The van der Waals surface area contributed by atoms with Gasteiger partial charge in [0, 0.05) is 8.07 Å². The van der Waals surface area contributed by atoms with Gasteiger partial charge in [-0.25, -0.2) is 0 Å². The summed E-state index contributed by atoms with van der Waals surface area (Å²) in [5, 5.41) is 10.2. The van der Waals surface area contributed by atoms with Crippen molar-refractivity contribution in [1.82, 2.24) is 0 Å². The topological polar surface area (TPSA) is 29.5 Å². The summed E-state index contributed by atoms with van der Waals surface area (Å²) in [5.74, 6) is 0.983. The third kappa shape index (κ3) is 6.47. The molecule has 0 radical (unpaired) electrons. The molecule has 1 aliphatic carbocycles. The molecule has 2 rings (SSSR count). The van der Waals surface area contributed by atoms with Gasteiger partial charge in [-0.3, -0.25) is 0 Å². The van der Waals surface area contributed by atoms with Crippen LogP contribution in [-0.4, -0.2) is 25.9 Å². The lowest BCUT2D eigenvalue weighted by Gasteiger charge is -2.12. The van der Waals surface area contributed by atoms with E-state index in [0.29, 0.717) is 18.4 Å². The van der Waals surface area contributed by atoms with Crippen molar-refractivity contribution in [2.75, 3.05) is 6.61 Å². The van der Waals surface area contributed by atoms with Gasteiger partial charge >= 0.3 is 0 Å². The third-order valence-corrected chi connectivity index (χ3v) is 5.65. The highest BCUT2D eigenvalue weighted by Crippen LogP contribution is 2.42. The average molecular weight is 319 g/mol. The van der Waals surface area contributed by atoms with Crippen LogP contribution in [0.15, 0.2) is 42.5 Å². The molecule has 0 unspecified atom stereocenters. The van der Waals surface area contributed by atoms with Crippen LogP contribution in [0.25, 0.3) is 0 Å². The lowest BCUT2D eigenvalue weighted by atomic mass is 10.1. The molecule has 0 amide bonds. The molecule has 0 aromatic heterocycles. The molecule has 1 saturated carbocycles. The smallest absolute Gasteiger partial charge is 0.0717 e. The number of ether oxygens (including phenoxy) is 1. The number of hydrogen-bond acceptors (Lipinski definition) is 2. The Balaban J connectivity index is 1.59. The van der Waals surface area contributed by atoms with Crippen molar-refractivity contribution in [3.63, 3.8) is 0 Å². The van der Waals surface area contributed by atoms with Crippen LogP contribution in [0.1, 0.15) is 18.4 Å². The number of allylic oxidation sites excluding steroid dienone is 1. The second kappa shape index (κ2) is 8.09. The average Bonchev–Trinajstić information content (AvgIpc) is 3.23. The summed E-state index contributed by atoms with van der Waals surface area (Å²) >= 11 is 0. The molecular formula is C19H30O2Si. The molecule has 0 bridgehead atoms. The fourth-order valence-electron chi connectivity index (χ4n) is 2.68. The molecule has 1 fully saturated rings. The van der Waals surface area contributed by atoms with E-state index < -0.39 is 8.07 Å². The molecule has 22 heavy (non-hydrogen) atoms. The monoisotopic (exact) mass is 318 g/mol. The van der Waals surface area contributed by atoms with Crippen LogP contribution in [0.4, 0.5) is 0 Å². The van der Waals surface area contributed by atoms with Crippen LogP contribution in [0.5, 0.6) is 0 Å². The Labute approximate surface area is 136 Å². The van der Waals surface area contributed by atoms with Gasteiger partial charge in [-0.1, -0.05) is 62.1 Å². The summed E-state index contributed by atoms with van der Waals surface area (Å²) in [7, 11) is -0.993. The molecule has 1 aromatic carbocycles. The van der Waals surface area contributed by atoms with E-state index in [9.17, 15) is 5.11 Å². The van der Waals surface area contributed by atoms with Gasteiger partial charge in [0.1, 0.15) is 0 Å². The van der Waals surface area contributed by atoms with Gasteiger partial charge in [-0.05, 0) is 36.3 Å². The van der Waals surface area contributed by atoms with E-state index in [1.165, 1.54) is 11.6 Å². The summed E-state index contributed by atoms with van der Waals surface area (Å²) in [4.78, 5) is 0. The Kier molecular flexibility index (Phi) is 6.42. The van der Waals surface area contributed by atoms with Crippen LogP contribution in [0.2, 0.25) is 25.7 Å². The number of aliphatic hydroxyl groups excluding tert-OH is 1. The highest BCUT2D eigenvalue weighted by atomic mass is 28.3. The normalized spacial score (nSPS) is 22.9. The molecule has 122 valence electrons. The van der Waals surface area contributed by atoms with Gasteiger partial charge < -0.3 is 9.84 Å². The number of rotatable bonds is 9. The van der Waals surface area contributed by atoms with E-state index in [1.54, 1.807) is 0 Å². The Morgan fingerprint density at radius 2 is 1.95 bits per heavy atom. The fourth-order valence-corrected chi connectivity index (χ4v) is 3.56. The fraction of sp³-hybridized carbons (Fsp3) is 0.579. The van der Waals surface area contributed by atoms with E-state index in [-0.39, 0.29) is 6.10 Å². The molecule has 0 saturated heterocycles. The Bertz CT molecular complexity index is 464. The minimum Gasteiger partial charge on any atom is -0.393 e. The van der Waals surface area contributed by atoms with E-state index in [0.717, 1.165) is 19.4 Å². The van der Waals surface area contributed by atoms with Crippen LogP contribution < -0.4 is 0 Å². The van der Waals surface area contributed by atoms with E-state index in [4.69, 9.17) is 4.74 Å². The summed E-state index contributed by atoms with van der Waals surface area (Å²) < 4.78 is 5.77. The Morgan fingerprint density at radius 1 is 1.23 bits per heavy atom. The van der Waals surface area contributed by atoms with Gasteiger partial charge in [0.25, 0.3) is 0 Å². The van der Waals surface area contributed by atoms with E-state index in [2.05, 4.69) is 43.9 Å². The maximum absolute atomic E-state index is 10.2. The van der Waals surface area contributed by atoms with Crippen molar-refractivity contribution in [3.05, 3.63) is 48.0 Å². The molecule has 2 nitrogen and oxygen atoms in total. The van der Waals surface area contributed by atoms with Crippen LogP contribution in [0, 0.1) is 11.8 Å². The van der Waals surface area contributed by atoms with Crippen LogP contribution in [-0.2, 0) is 11.3 Å². The number of aliphatic hydroxyl groups is 1. The van der Waals surface area contributed by atoms with Gasteiger partial charge in [0.15, 0.2) is 0 Å². The zero-order valence-corrected chi connectivity index (χ0v) is 15.2. The number of benzene rings is 1. The summed E-state index contributed by atoms with van der Waals surface area (Å²) in [5.41, 5.74) is 1.22. The van der Waals surface area contributed by atoms with E-state index in [1.807, 2.05) is 18.2 Å². The molecule has 1 N–H and O–H groups in total. The summed E-state index contributed by atoms with van der Waals surface area (Å²) in [6.07, 6.45) is 6.15. The molecule has 1 aliphatic rings. The largest absolute Gasteiger partial charge is 0.393 e. The van der Waals surface area contributed by atoms with Crippen molar-refractivity contribution in [3.8, 4) is 0 Å². The highest BCUT2D eigenvalue weighted by Gasteiger charge is 2.41. The van der Waals surface area contributed by atoms with Gasteiger partial charge in [-0.2, -0.15) is 0 Å². The Morgan fingerprint density at radius 3 is 2.64 bits per heavy atom. The van der Waals surface area contributed by atoms with Crippen molar-refractivity contribution in [2.24, 2.45) is 11.8 Å². The van der Waals surface area contributed by atoms with E-state index >= 15 is 0 Å². The zero-order valence-electron chi connectivity index (χ0n) is 14.2. The molecule has 3 heteroatoms. The first-order valence-electron chi connectivity index (χ1n) is 8.40. The molecule has 0 spiro atoms. The van der Waals surface area contributed by atoms with Crippen molar-refractivity contribution < 1.29 is 9.84 Å². The van der Waals surface area contributed by atoms with Crippen molar-refractivity contribution in [2.45, 2.75) is 51.2 Å². The minimum atomic E-state index is -0.993. The first-order valence-corrected chi connectivity index (χ1v) is 12.1. The predicted molar refractivity (Wildman–Crippen MR) is 95.6 cm³/mol. The Hall–Kier alpha value is -0.903.